The molecule has 34 heavy (non-hydrogen) atoms. The number of carbonyl (C=O) groups excluding carboxylic acids is 1. The molecule has 4 rings (SSSR count). The highest BCUT2D eigenvalue weighted by molar-refractivity contribution is 7.23. The Morgan fingerprint density at radius 3 is 2.38 bits per heavy atom. The molecule has 0 saturated carbocycles. The monoisotopic (exact) mass is 494 g/mol. The zero-order chi connectivity index (χ0) is 24.1. The summed E-state index contributed by atoms with van der Waals surface area (Å²) in [6.07, 6.45) is 3.26. The van der Waals surface area contributed by atoms with Crippen LogP contribution in [-0.2, 0) is 11.3 Å². The van der Waals surface area contributed by atoms with Crippen LogP contribution in [0, 0.1) is 0 Å². The van der Waals surface area contributed by atoms with Crippen LogP contribution >= 0.6 is 22.9 Å². The first-order chi connectivity index (χ1) is 16.5. The predicted octanol–water partition coefficient (Wildman–Crippen LogP) is 6.22. The van der Waals surface area contributed by atoms with Gasteiger partial charge >= 0.3 is 0 Å². The molecule has 0 bridgehead atoms. The van der Waals surface area contributed by atoms with Crippen LogP contribution in [0.25, 0.3) is 16.3 Å². The maximum Gasteiger partial charge on any atom is 0.253 e. The lowest BCUT2D eigenvalue weighted by atomic mass is 10.1. The minimum atomic E-state index is -0.215. The average molecular weight is 495 g/mol. The van der Waals surface area contributed by atoms with Crippen LogP contribution in [-0.4, -0.2) is 32.2 Å². The van der Waals surface area contributed by atoms with E-state index in [0.717, 1.165) is 15.8 Å². The van der Waals surface area contributed by atoms with E-state index in [1.807, 2.05) is 42.5 Å². The van der Waals surface area contributed by atoms with E-state index in [2.05, 4.69) is 0 Å². The quantitative estimate of drug-likeness (QED) is 0.272. The number of benzene rings is 3. The fourth-order valence-corrected chi connectivity index (χ4v) is 4.70. The van der Waals surface area contributed by atoms with Crippen molar-refractivity contribution < 1.29 is 19.0 Å². The molecule has 3 aromatic carbocycles. The van der Waals surface area contributed by atoms with Crippen molar-refractivity contribution in [3.05, 3.63) is 82.9 Å². The van der Waals surface area contributed by atoms with Gasteiger partial charge in [0.2, 0.25) is 0 Å². The molecule has 0 aliphatic rings. The first-order valence-electron chi connectivity index (χ1n) is 10.4. The van der Waals surface area contributed by atoms with Gasteiger partial charge < -0.3 is 14.2 Å². The van der Waals surface area contributed by atoms with Gasteiger partial charge in [-0.15, -0.1) is 0 Å². The summed E-state index contributed by atoms with van der Waals surface area (Å²) >= 11 is 7.77. The molecule has 174 valence electrons. The molecule has 0 fully saturated rings. The van der Waals surface area contributed by atoms with Crippen molar-refractivity contribution in [2.24, 2.45) is 0 Å². The van der Waals surface area contributed by atoms with Gasteiger partial charge in [0.15, 0.2) is 16.6 Å². The zero-order valence-electron chi connectivity index (χ0n) is 18.9. The van der Waals surface area contributed by atoms with Gasteiger partial charge in [-0.1, -0.05) is 59.3 Å². The second kappa shape index (κ2) is 10.6. The maximum atomic E-state index is 13.4. The van der Waals surface area contributed by atoms with Crippen LogP contribution in [0.4, 0.5) is 5.13 Å². The van der Waals surface area contributed by atoms with Crippen LogP contribution in [0.2, 0.25) is 5.02 Å². The summed E-state index contributed by atoms with van der Waals surface area (Å²) in [6.45, 7) is 0.357. The molecule has 8 heteroatoms. The van der Waals surface area contributed by atoms with E-state index >= 15 is 0 Å². The van der Waals surface area contributed by atoms with Crippen molar-refractivity contribution in [3.63, 3.8) is 0 Å². The molecule has 0 unspecified atom stereocenters. The smallest absolute Gasteiger partial charge is 0.253 e. The number of anilines is 1. The highest BCUT2D eigenvalue weighted by Crippen LogP contribution is 2.39. The molecule has 6 nitrogen and oxygen atoms in total. The van der Waals surface area contributed by atoms with Gasteiger partial charge in [0.1, 0.15) is 11.3 Å². The summed E-state index contributed by atoms with van der Waals surface area (Å²) < 4.78 is 16.9. The number of nitrogens with zero attached hydrogens (tertiary/aromatic N) is 2. The summed E-state index contributed by atoms with van der Waals surface area (Å²) in [5.41, 5.74) is 2.41. The number of aromatic nitrogens is 1. The van der Waals surface area contributed by atoms with Gasteiger partial charge in [-0.25, -0.2) is 4.98 Å². The molecule has 1 heterocycles. The maximum absolute atomic E-state index is 13.4. The Bertz CT molecular complexity index is 1340. The third-order valence-electron chi connectivity index (χ3n) is 5.17. The normalized spacial score (nSPS) is 11.1. The second-order valence-corrected chi connectivity index (χ2v) is 8.67. The lowest BCUT2D eigenvalue weighted by Gasteiger charge is -2.18. The highest BCUT2D eigenvalue weighted by atomic mass is 35.5. The van der Waals surface area contributed by atoms with Crippen LogP contribution in [0.3, 0.4) is 0 Å². The number of carbonyl (C=O) groups is 1. The van der Waals surface area contributed by atoms with E-state index in [1.54, 1.807) is 50.5 Å². The number of fused-ring (bicyclic) bond motifs is 1. The van der Waals surface area contributed by atoms with Gasteiger partial charge in [0, 0.05) is 6.08 Å². The van der Waals surface area contributed by atoms with E-state index in [9.17, 15) is 4.79 Å². The Morgan fingerprint density at radius 2 is 1.68 bits per heavy atom. The Labute approximate surface area is 207 Å². The van der Waals surface area contributed by atoms with Crippen molar-refractivity contribution >= 4 is 50.3 Å². The molecule has 1 amide bonds. The summed E-state index contributed by atoms with van der Waals surface area (Å²) in [6, 6.07) is 18.8. The van der Waals surface area contributed by atoms with E-state index in [1.165, 1.54) is 17.4 Å². The molecule has 0 saturated heterocycles. The fourth-order valence-electron chi connectivity index (χ4n) is 3.44. The lowest BCUT2D eigenvalue weighted by molar-refractivity contribution is -0.114. The van der Waals surface area contributed by atoms with Crippen molar-refractivity contribution in [1.82, 2.24) is 4.98 Å². The average Bonchev–Trinajstić information content (AvgIpc) is 3.32. The van der Waals surface area contributed by atoms with E-state index < -0.39 is 0 Å². The number of methoxy groups -OCH3 is 3. The first kappa shape index (κ1) is 23.6. The molecule has 0 aliphatic carbocycles. The number of rotatable bonds is 8. The third kappa shape index (κ3) is 5.00. The van der Waals surface area contributed by atoms with Crippen LogP contribution < -0.4 is 19.1 Å². The van der Waals surface area contributed by atoms with Crippen LogP contribution in [0.5, 0.6) is 17.2 Å². The Hall–Kier alpha value is -3.55. The summed E-state index contributed by atoms with van der Waals surface area (Å²) in [5.74, 6) is 1.60. The van der Waals surface area contributed by atoms with Crippen molar-refractivity contribution in [3.8, 4) is 17.2 Å². The Kier molecular flexibility index (Phi) is 7.35. The minimum Gasteiger partial charge on any atom is -0.494 e. The van der Waals surface area contributed by atoms with Gasteiger partial charge in [-0.05, 0) is 41.5 Å². The summed E-state index contributed by atoms with van der Waals surface area (Å²) in [7, 11) is 4.74. The van der Waals surface area contributed by atoms with E-state index in [4.69, 9.17) is 30.8 Å². The number of ether oxygens (including phenoxy) is 3. The molecular weight excluding hydrogens is 472 g/mol. The van der Waals surface area contributed by atoms with E-state index in [0.29, 0.717) is 39.5 Å². The molecule has 0 spiro atoms. The van der Waals surface area contributed by atoms with Crippen molar-refractivity contribution in [1.29, 1.82) is 0 Å². The number of thiazole rings is 1. The van der Waals surface area contributed by atoms with Crippen LogP contribution in [0.1, 0.15) is 11.1 Å². The molecule has 0 N–H and O–H groups in total. The molecule has 1 aromatic heterocycles. The molecular formula is C26H23ClN2O4S. The highest BCUT2D eigenvalue weighted by Gasteiger charge is 2.21. The van der Waals surface area contributed by atoms with Gasteiger partial charge in [0.05, 0.1) is 37.6 Å². The predicted molar refractivity (Wildman–Crippen MR) is 137 cm³/mol. The number of hydrogen-bond donors (Lipinski definition) is 0. The number of hydrogen-bond acceptors (Lipinski definition) is 6. The third-order valence-corrected chi connectivity index (χ3v) is 6.71. The summed E-state index contributed by atoms with van der Waals surface area (Å²) in [4.78, 5) is 19.7. The van der Waals surface area contributed by atoms with E-state index in [-0.39, 0.29) is 5.91 Å². The SMILES string of the molecule is COc1ccc(/C=C/C(=O)N(Cc2ccccc2)c2nc3c(OC)ccc(Cl)c3s2)cc1OC. The molecule has 4 aromatic rings. The largest absolute Gasteiger partial charge is 0.494 e. The topological polar surface area (TPSA) is 60.9 Å². The Morgan fingerprint density at radius 1 is 0.971 bits per heavy atom. The summed E-state index contributed by atoms with van der Waals surface area (Å²) in [5, 5.41) is 1.10. The molecule has 0 radical (unpaired) electrons. The Balaban J connectivity index is 1.70. The lowest BCUT2D eigenvalue weighted by Crippen LogP contribution is -2.28. The van der Waals surface area contributed by atoms with Gasteiger partial charge in [-0.3, -0.25) is 9.69 Å². The minimum absolute atomic E-state index is 0.215. The first-order valence-corrected chi connectivity index (χ1v) is 11.6. The van der Waals surface area contributed by atoms with Gasteiger partial charge in [0.25, 0.3) is 5.91 Å². The van der Waals surface area contributed by atoms with Crippen molar-refractivity contribution in [2.45, 2.75) is 6.54 Å². The van der Waals surface area contributed by atoms with Crippen LogP contribution in [0.15, 0.2) is 66.7 Å². The van der Waals surface area contributed by atoms with Gasteiger partial charge in [-0.2, -0.15) is 0 Å². The zero-order valence-corrected chi connectivity index (χ0v) is 20.5. The second-order valence-electron chi connectivity index (χ2n) is 7.28. The molecule has 0 aliphatic heterocycles. The van der Waals surface area contributed by atoms with Crippen molar-refractivity contribution in [2.75, 3.05) is 26.2 Å². The molecule has 0 atom stereocenters. The number of halogens is 1. The standard InChI is InChI=1S/C26H23ClN2O4S/c1-31-20-12-9-17(15-22(20)33-3)10-14-23(30)29(16-18-7-5-4-6-8-18)26-28-24-21(32-2)13-11-19(27)25(24)34-26/h4-15H,16H2,1-3H3/b14-10+. The fraction of sp³-hybridized carbons (Fsp3) is 0.154. The number of amides is 1.